The minimum absolute atomic E-state index is 0.502. The molecule has 1 aromatic carbocycles. The van der Waals surface area contributed by atoms with Crippen molar-refractivity contribution in [3.63, 3.8) is 0 Å². The maximum atomic E-state index is 8.72. The van der Waals surface area contributed by atoms with E-state index in [4.69, 9.17) is 5.26 Å². The van der Waals surface area contributed by atoms with Gasteiger partial charge in [-0.1, -0.05) is 26.0 Å². The van der Waals surface area contributed by atoms with Crippen molar-refractivity contribution in [2.75, 3.05) is 0 Å². The van der Waals surface area contributed by atoms with Crippen molar-refractivity contribution in [3.05, 3.63) is 35.4 Å². The number of rotatable bonds is 3. The molecular weight excluding hydrogens is 208 g/mol. The van der Waals surface area contributed by atoms with E-state index in [2.05, 4.69) is 25.2 Å². The second kappa shape index (κ2) is 4.89. The Morgan fingerprint density at radius 2 is 2.06 bits per heavy atom. The average molecular weight is 228 g/mol. The SMILES string of the molecule is CC1(C)CCC(NCc2ccc(C#N)cc2)C1. The lowest BCUT2D eigenvalue weighted by molar-refractivity contribution is 0.364. The molecule has 1 fully saturated rings. The quantitative estimate of drug-likeness (QED) is 0.862. The molecule has 0 aliphatic heterocycles. The third-order valence-corrected chi connectivity index (χ3v) is 3.65. The summed E-state index contributed by atoms with van der Waals surface area (Å²) in [6.45, 7) is 5.60. The van der Waals surface area contributed by atoms with Crippen LogP contribution >= 0.6 is 0 Å². The van der Waals surface area contributed by atoms with E-state index in [1.54, 1.807) is 0 Å². The van der Waals surface area contributed by atoms with Crippen LogP contribution in [0.5, 0.6) is 0 Å². The van der Waals surface area contributed by atoms with Crippen molar-refractivity contribution < 1.29 is 0 Å². The van der Waals surface area contributed by atoms with Crippen molar-refractivity contribution in [2.45, 2.75) is 45.7 Å². The number of nitrogens with zero attached hydrogens (tertiary/aromatic N) is 1. The molecule has 2 heteroatoms. The van der Waals surface area contributed by atoms with Crippen LogP contribution in [0.15, 0.2) is 24.3 Å². The molecule has 1 aliphatic carbocycles. The molecule has 1 atom stereocenters. The predicted octanol–water partition coefficient (Wildman–Crippen LogP) is 3.23. The molecular formula is C15H20N2. The normalized spacial score (nSPS) is 22.3. The van der Waals surface area contributed by atoms with Gasteiger partial charge in [0, 0.05) is 12.6 Å². The monoisotopic (exact) mass is 228 g/mol. The molecule has 2 rings (SSSR count). The van der Waals surface area contributed by atoms with Gasteiger partial charge < -0.3 is 5.32 Å². The Labute approximate surface area is 104 Å². The van der Waals surface area contributed by atoms with Gasteiger partial charge in [-0.05, 0) is 42.4 Å². The van der Waals surface area contributed by atoms with Gasteiger partial charge in [-0.25, -0.2) is 0 Å². The molecule has 0 amide bonds. The van der Waals surface area contributed by atoms with Crippen molar-refractivity contribution in [1.82, 2.24) is 5.32 Å². The molecule has 0 aromatic heterocycles. The topological polar surface area (TPSA) is 35.8 Å². The zero-order valence-electron chi connectivity index (χ0n) is 10.7. The number of benzene rings is 1. The first kappa shape index (κ1) is 12.1. The molecule has 1 aliphatic rings. The first-order valence-electron chi connectivity index (χ1n) is 6.31. The molecule has 0 saturated heterocycles. The third kappa shape index (κ3) is 3.31. The van der Waals surface area contributed by atoms with E-state index in [1.807, 2.05) is 24.3 Å². The van der Waals surface area contributed by atoms with Gasteiger partial charge in [0.05, 0.1) is 11.6 Å². The summed E-state index contributed by atoms with van der Waals surface area (Å²) in [7, 11) is 0. The fraction of sp³-hybridized carbons (Fsp3) is 0.533. The van der Waals surface area contributed by atoms with E-state index in [1.165, 1.54) is 24.8 Å². The van der Waals surface area contributed by atoms with Crippen molar-refractivity contribution >= 4 is 0 Å². The summed E-state index contributed by atoms with van der Waals surface area (Å²) >= 11 is 0. The average Bonchev–Trinajstić information content (AvgIpc) is 2.67. The van der Waals surface area contributed by atoms with E-state index in [9.17, 15) is 0 Å². The highest BCUT2D eigenvalue weighted by Crippen LogP contribution is 2.36. The van der Waals surface area contributed by atoms with E-state index in [0.29, 0.717) is 11.5 Å². The lowest BCUT2D eigenvalue weighted by Crippen LogP contribution is -2.26. The molecule has 1 N–H and O–H groups in total. The highest BCUT2D eigenvalue weighted by atomic mass is 14.9. The highest BCUT2D eigenvalue weighted by Gasteiger charge is 2.30. The van der Waals surface area contributed by atoms with Crippen LogP contribution in [0.3, 0.4) is 0 Å². The van der Waals surface area contributed by atoms with Crippen molar-refractivity contribution in [3.8, 4) is 6.07 Å². The smallest absolute Gasteiger partial charge is 0.0991 e. The molecule has 1 saturated carbocycles. The Morgan fingerprint density at radius 3 is 2.59 bits per heavy atom. The summed E-state index contributed by atoms with van der Waals surface area (Å²) in [6.07, 6.45) is 3.87. The minimum atomic E-state index is 0.502. The molecule has 0 spiro atoms. The molecule has 17 heavy (non-hydrogen) atoms. The first-order valence-corrected chi connectivity index (χ1v) is 6.31. The standard InChI is InChI=1S/C15H20N2/c1-15(2)8-7-14(9-15)17-11-13-5-3-12(10-16)4-6-13/h3-6,14,17H,7-9,11H2,1-2H3. The van der Waals surface area contributed by atoms with Crippen LogP contribution in [0.1, 0.15) is 44.2 Å². The van der Waals surface area contributed by atoms with Gasteiger partial charge in [0.1, 0.15) is 0 Å². The number of nitriles is 1. The van der Waals surface area contributed by atoms with Gasteiger partial charge in [-0.3, -0.25) is 0 Å². The number of hydrogen-bond acceptors (Lipinski definition) is 2. The molecule has 1 unspecified atom stereocenters. The van der Waals surface area contributed by atoms with E-state index >= 15 is 0 Å². The first-order chi connectivity index (χ1) is 8.09. The fourth-order valence-corrected chi connectivity index (χ4v) is 2.57. The Kier molecular flexibility index (Phi) is 3.49. The number of nitrogens with one attached hydrogen (secondary N) is 1. The zero-order valence-corrected chi connectivity index (χ0v) is 10.7. The van der Waals surface area contributed by atoms with Crippen LogP contribution in [0.4, 0.5) is 0 Å². The fourth-order valence-electron chi connectivity index (χ4n) is 2.57. The van der Waals surface area contributed by atoms with E-state index in [-0.39, 0.29) is 0 Å². The van der Waals surface area contributed by atoms with Crippen molar-refractivity contribution in [2.24, 2.45) is 5.41 Å². The maximum Gasteiger partial charge on any atom is 0.0991 e. The van der Waals surface area contributed by atoms with E-state index < -0.39 is 0 Å². The van der Waals surface area contributed by atoms with Crippen LogP contribution < -0.4 is 5.32 Å². The van der Waals surface area contributed by atoms with Crippen LogP contribution in [0.25, 0.3) is 0 Å². The van der Waals surface area contributed by atoms with Crippen LogP contribution in [0.2, 0.25) is 0 Å². The van der Waals surface area contributed by atoms with Gasteiger partial charge in [0.15, 0.2) is 0 Å². The van der Waals surface area contributed by atoms with Gasteiger partial charge in [0.25, 0.3) is 0 Å². The van der Waals surface area contributed by atoms with Gasteiger partial charge in [-0.2, -0.15) is 5.26 Å². The minimum Gasteiger partial charge on any atom is -0.310 e. The van der Waals surface area contributed by atoms with E-state index in [0.717, 1.165) is 12.1 Å². The summed E-state index contributed by atoms with van der Waals surface area (Å²) in [4.78, 5) is 0. The van der Waals surface area contributed by atoms with Gasteiger partial charge >= 0.3 is 0 Å². The van der Waals surface area contributed by atoms with Crippen LogP contribution in [0, 0.1) is 16.7 Å². The van der Waals surface area contributed by atoms with Crippen LogP contribution in [-0.2, 0) is 6.54 Å². The Bertz CT molecular complexity index is 412. The lowest BCUT2D eigenvalue weighted by Gasteiger charge is -2.17. The number of hydrogen-bond donors (Lipinski definition) is 1. The van der Waals surface area contributed by atoms with Crippen LogP contribution in [-0.4, -0.2) is 6.04 Å². The molecule has 90 valence electrons. The Morgan fingerprint density at radius 1 is 1.35 bits per heavy atom. The summed E-state index contributed by atoms with van der Waals surface area (Å²) in [5, 5.41) is 12.3. The molecule has 2 nitrogen and oxygen atoms in total. The highest BCUT2D eigenvalue weighted by molar-refractivity contribution is 5.31. The Hall–Kier alpha value is -1.33. The van der Waals surface area contributed by atoms with Gasteiger partial charge in [-0.15, -0.1) is 0 Å². The summed E-state index contributed by atoms with van der Waals surface area (Å²) in [5.41, 5.74) is 2.49. The zero-order chi connectivity index (χ0) is 12.3. The molecule has 0 bridgehead atoms. The van der Waals surface area contributed by atoms with Crippen molar-refractivity contribution in [1.29, 1.82) is 5.26 Å². The summed E-state index contributed by atoms with van der Waals surface area (Å²) in [6, 6.07) is 10.6. The maximum absolute atomic E-state index is 8.72. The third-order valence-electron chi connectivity index (χ3n) is 3.65. The molecule has 1 aromatic rings. The summed E-state index contributed by atoms with van der Waals surface area (Å²) < 4.78 is 0. The molecule has 0 heterocycles. The second-order valence-corrected chi connectivity index (χ2v) is 5.79. The lowest BCUT2D eigenvalue weighted by atomic mass is 9.92. The Balaban J connectivity index is 1.84. The second-order valence-electron chi connectivity index (χ2n) is 5.79. The largest absolute Gasteiger partial charge is 0.310 e. The predicted molar refractivity (Wildman–Crippen MR) is 69.4 cm³/mol. The summed E-state index contributed by atoms with van der Waals surface area (Å²) in [5.74, 6) is 0. The van der Waals surface area contributed by atoms with Gasteiger partial charge in [0.2, 0.25) is 0 Å². The molecule has 0 radical (unpaired) electrons.